The van der Waals surface area contributed by atoms with E-state index in [4.69, 9.17) is 9.47 Å². The van der Waals surface area contributed by atoms with Crippen molar-refractivity contribution in [2.45, 2.75) is 37.8 Å². The number of hydrogen-bond acceptors (Lipinski definition) is 5. The van der Waals surface area contributed by atoms with Crippen molar-refractivity contribution in [1.29, 1.82) is 0 Å². The smallest absolute Gasteiger partial charge is 0.324 e. The van der Waals surface area contributed by atoms with Crippen LogP contribution in [0.25, 0.3) is 0 Å². The Bertz CT molecular complexity index is 286. The van der Waals surface area contributed by atoms with Crippen LogP contribution in [0.3, 0.4) is 0 Å². The summed E-state index contributed by atoms with van der Waals surface area (Å²) in [4.78, 5) is 13.3. The number of aliphatic carboxylic acids is 1. The molecule has 1 heterocycles. The average Bonchev–Trinajstić information content (AvgIpc) is 2.78. The van der Waals surface area contributed by atoms with Gasteiger partial charge in [-0.2, -0.15) is 0 Å². The Morgan fingerprint density at radius 2 is 2.21 bits per heavy atom. The third-order valence-corrected chi connectivity index (χ3v) is 3.78. The van der Waals surface area contributed by atoms with Crippen molar-refractivity contribution < 1.29 is 24.5 Å². The number of nitrogens with zero attached hydrogens (tertiary/aromatic N) is 1. The van der Waals surface area contributed by atoms with Crippen LogP contribution in [0.1, 0.15) is 26.2 Å². The number of carboxylic acid groups (broad SMARTS) is 1. The van der Waals surface area contributed by atoms with Crippen LogP contribution < -0.4 is 0 Å². The largest absolute Gasteiger partial charge is 0.480 e. The summed E-state index contributed by atoms with van der Waals surface area (Å²) in [6.45, 7) is 4.07. The number of aliphatic hydroxyl groups is 1. The molecule has 112 valence electrons. The van der Waals surface area contributed by atoms with Crippen LogP contribution in [0.4, 0.5) is 0 Å². The quantitative estimate of drug-likeness (QED) is 0.591. The zero-order valence-electron chi connectivity index (χ0n) is 11.8. The lowest BCUT2D eigenvalue weighted by atomic mass is 9.93. The van der Waals surface area contributed by atoms with Crippen LogP contribution in [0, 0.1) is 0 Å². The maximum Gasteiger partial charge on any atom is 0.324 e. The number of carboxylic acids is 1. The van der Waals surface area contributed by atoms with Crippen molar-refractivity contribution in [3.05, 3.63) is 0 Å². The molecule has 1 aliphatic rings. The van der Waals surface area contributed by atoms with Gasteiger partial charge in [0.25, 0.3) is 0 Å². The molecule has 0 amide bonds. The van der Waals surface area contributed by atoms with E-state index >= 15 is 0 Å². The normalized spacial score (nSPS) is 25.6. The third-order valence-electron chi connectivity index (χ3n) is 3.78. The number of β-amino-alcohol motifs (C(OH)–C–C–N with tert-alkyl or cyclic N) is 1. The predicted molar refractivity (Wildman–Crippen MR) is 70.2 cm³/mol. The predicted octanol–water partition coefficient (Wildman–Crippen LogP) is 0.340. The molecular weight excluding hydrogens is 250 g/mol. The van der Waals surface area contributed by atoms with Gasteiger partial charge in [-0.05, 0) is 25.8 Å². The lowest BCUT2D eigenvalue weighted by Crippen LogP contribution is -2.52. The van der Waals surface area contributed by atoms with Gasteiger partial charge in [-0.25, -0.2) is 0 Å². The number of rotatable bonds is 9. The summed E-state index contributed by atoms with van der Waals surface area (Å²) in [6, 6.07) is 0. The highest BCUT2D eigenvalue weighted by atomic mass is 16.5. The maximum atomic E-state index is 11.5. The van der Waals surface area contributed by atoms with Crippen molar-refractivity contribution in [2.75, 3.05) is 40.0 Å². The Kier molecular flexibility index (Phi) is 6.71. The van der Waals surface area contributed by atoms with Gasteiger partial charge in [0.1, 0.15) is 5.54 Å². The molecule has 2 unspecified atom stereocenters. The molecule has 0 saturated carbocycles. The summed E-state index contributed by atoms with van der Waals surface area (Å²) in [5.41, 5.74) is -0.812. The van der Waals surface area contributed by atoms with Crippen LogP contribution >= 0.6 is 0 Å². The molecule has 0 aromatic rings. The second kappa shape index (κ2) is 7.79. The van der Waals surface area contributed by atoms with Gasteiger partial charge in [0, 0.05) is 13.7 Å². The Hall–Kier alpha value is -0.690. The van der Waals surface area contributed by atoms with E-state index in [9.17, 15) is 15.0 Å². The zero-order valence-corrected chi connectivity index (χ0v) is 11.8. The lowest BCUT2D eigenvalue weighted by Gasteiger charge is -2.35. The molecule has 6 nitrogen and oxygen atoms in total. The van der Waals surface area contributed by atoms with E-state index in [0.717, 1.165) is 13.0 Å². The molecule has 2 N–H and O–H groups in total. The molecule has 6 heteroatoms. The number of aliphatic hydroxyl groups excluding tert-OH is 1. The summed E-state index contributed by atoms with van der Waals surface area (Å²) in [6.07, 6.45) is 1.40. The first-order valence-electron chi connectivity index (χ1n) is 6.80. The standard InChI is InChI=1S/C13H25NO5/c1-3-13(12(16)17)5-4-6-14(13)9-11(15)10-19-8-7-18-2/h11,15H,3-10H2,1-2H3,(H,16,17). The first kappa shape index (κ1) is 16.4. The van der Waals surface area contributed by atoms with Gasteiger partial charge in [0.2, 0.25) is 0 Å². The van der Waals surface area contributed by atoms with Crippen molar-refractivity contribution in [1.82, 2.24) is 4.90 Å². The number of methoxy groups -OCH3 is 1. The molecule has 1 fully saturated rings. The highest BCUT2D eigenvalue weighted by Crippen LogP contribution is 2.32. The number of likely N-dealkylation sites (tertiary alicyclic amines) is 1. The highest BCUT2D eigenvalue weighted by molar-refractivity contribution is 5.79. The molecule has 0 aromatic heterocycles. The Morgan fingerprint density at radius 1 is 1.47 bits per heavy atom. The second-order valence-corrected chi connectivity index (χ2v) is 4.96. The van der Waals surface area contributed by atoms with E-state index < -0.39 is 17.6 Å². The molecule has 19 heavy (non-hydrogen) atoms. The minimum absolute atomic E-state index is 0.208. The summed E-state index contributed by atoms with van der Waals surface area (Å²) in [7, 11) is 1.59. The van der Waals surface area contributed by atoms with Crippen LogP contribution in [0.2, 0.25) is 0 Å². The van der Waals surface area contributed by atoms with E-state index in [0.29, 0.717) is 32.6 Å². The van der Waals surface area contributed by atoms with Crippen molar-refractivity contribution in [2.24, 2.45) is 0 Å². The third kappa shape index (κ3) is 4.14. The van der Waals surface area contributed by atoms with E-state index in [1.807, 2.05) is 11.8 Å². The van der Waals surface area contributed by atoms with Gasteiger partial charge in [0.15, 0.2) is 0 Å². The van der Waals surface area contributed by atoms with Gasteiger partial charge in [-0.1, -0.05) is 6.92 Å². The van der Waals surface area contributed by atoms with Gasteiger partial charge in [-0.15, -0.1) is 0 Å². The molecule has 0 spiro atoms. The Morgan fingerprint density at radius 3 is 2.79 bits per heavy atom. The van der Waals surface area contributed by atoms with Crippen molar-refractivity contribution >= 4 is 5.97 Å². The van der Waals surface area contributed by atoms with Crippen LogP contribution in [0.15, 0.2) is 0 Å². The van der Waals surface area contributed by atoms with Crippen molar-refractivity contribution in [3.63, 3.8) is 0 Å². The van der Waals surface area contributed by atoms with Gasteiger partial charge >= 0.3 is 5.97 Å². The minimum Gasteiger partial charge on any atom is -0.480 e. The monoisotopic (exact) mass is 275 g/mol. The fourth-order valence-corrected chi connectivity index (χ4v) is 2.66. The van der Waals surface area contributed by atoms with Gasteiger partial charge in [0.05, 0.1) is 25.9 Å². The van der Waals surface area contributed by atoms with E-state index in [2.05, 4.69) is 0 Å². The first-order chi connectivity index (χ1) is 9.06. The zero-order chi connectivity index (χ0) is 14.3. The van der Waals surface area contributed by atoms with Crippen molar-refractivity contribution in [3.8, 4) is 0 Å². The number of carbonyl (C=O) groups is 1. The highest BCUT2D eigenvalue weighted by Gasteiger charge is 2.46. The molecule has 1 aliphatic heterocycles. The molecule has 0 aliphatic carbocycles. The van der Waals surface area contributed by atoms with E-state index in [1.54, 1.807) is 7.11 Å². The van der Waals surface area contributed by atoms with E-state index in [1.165, 1.54) is 0 Å². The lowest BCUT2D eigenvalue weighted by molar-refractivity contribution is -0.151. The maximum absolute atomic E-state index is 11.5. The molecule has 2 atom stereocenters. The van der Waals surface area contributed by atoms with Crippen LogP contribution in [-0.2, 0) is 14.3 Å². The fraction of sp³-hybridized carbons (Fsp3) is 0.923. The molecule has 0 radical (unpaired) electrons. The van der Waals surface area contributed by atoms with Crippen LogP contribution in [-0.4, -0.2) is 72.7 Å². The summed E-state index contributed by atoms with van der Waals surface area (Å²) < 4.78 is 10.1. The Balaban J connectivity index is 2.44. The molecule has 0 aromatic carbocycles. The van der Waals surface area contributed by atoms with Gasteiger partial charge < -0.3 is 19.7 Å². The number of hydrogen-bond donors (Lipinski definition) is 2. The summed E-state index contributed by atoms with van der Waals surface area (Å²) >= 11 is 0. The summed E-state index contributed by atoms with van der Waals surface area (Å²) in [5, 5.41) is 19.3. The van der Waals surface area contributed by atoms with Crippen LogP contribution in [0.5, 0.6) is 0 Å². The topological polar surface area (TPSA) is 79.2 Å². The Labute approximate surface area is 114 Å². The fourth-order valence-electron chi connectivity index (χ4n) is 2.66. The second-order valence-electron chi connectivity index (χ2n) is 4.96. The SMILES string of the molecule is CCC1(C(=O)O)CCCN1CC(O)COCCOC. The molecular formula is C13H25NO5. The minimum atomic E-state index is -0.812. The average molecular weight is 275 g/mol. The molecule has 1 saturated heterocycles. The number of ether oxygens (including phenoxy) is 2. The van der Waals surface area contributed by atoms with E-state index in [-0.39, 0.29) is 6.61 Å². The van der Waals surface area contributed by atoms with Gasteiger partial charge in [-0.3, -0.25) is 9.69 Å². The first-order valence-corrected chi connectivity index (χ1v) is 6.80. The summed E-state index contributed by atoms with van der Waals surface area (Å²) in [5.74, 6) is -0.792. The molecule has 1 rings (SSSR count). The molecule has 0 bridgehead atoms.